The highest BCUT2D eigenvalue weighted by Crippen LogP contribution is 2.35. The topological polar surface area (TPSA) is 77.0 Å². The molecule has 2 aromatic heterocycles. The number of aromatic nitrogens is 3. The Balaban J connectivity index is 2.31. The number of aliphatic hydroxyl groups is 1. The summed E-state index contributed by atoms with van der Waals surface area (Å²) in [5, 5.41) is 9.92. The summed E-state index contributed by atoms with van der Waals surface area (Å²) in [6.07, 6.45) is 3.04. The average Bonchev–Trinajstić information content (AvgIpc) is 2.80. The summed E-state index contributed by atoms with van der Waals surface area (Å²) >= 11 is 6.14. The molecule has 0 fully saturated rings. The minimum Gasteiger partial charge on any atom is -0.399 e. The molecule has 0 saturated heterocycles. The van der Waals surface area contributed by atoms with Crippen LogP contribution in [0, 0.1) is 5.82 Å². The normalized spacial score (nSPS) is 11.2. The largest absolute Gasteiger partial charge is 0.399 e. The lowest BCUT2D eigenvalue weighted by Crippen LogP contribution is -2.01. The maximum absolute atomic E-state index is 14.2. The van der Waals surface area contributed by atoms with Crippen LogP contribution < -0.4 is 5.73 Å². The summed E-state index contributed by atoms with van der Waals surface area (Å²) in [5.41, 5.74) is 7.40. The highest BCUT2D eigenvalue weighted by atomic mass is 35.5. The number of nitrogens with zero attached hydrogens (tertiary/aromatic N) is 3. The van der Waals surface area contributed by atoms with Crippen LogP contribution >= 0.6 is 11.6 Å². The molecule has 3 rings (SSSR count). The Kier molecular flexibility index (Phi) is 3.48. The van der Waals surface area contributed by atoms with Crippen molar-refractivity contribution in [3.8, 4) is 11.1 Å². The van der Waals surface area contributed by atoms with E-state index in [2.05, 4.69) is 9.97 Å². The lowest BCUT2D eigenvalue weighted by molar-refractivity contribution is 0.278. The molecule has 0 bridgehead atoms. The zero-order valence-corrected chi connectivity index (χ0v) is 11.7. The molecule has 108 valence electrons. The molecule has 5 nitrogen and oxygen atoms in total. The predicted molar refractivity (Wildman–Crippen MR) is 79.4 cm³/mol. The van der Waals surface area contributed by atoms with Gasteiger partial charge >= 0.3 is 0 Å². The second-order valence-electron chi connectivity index (χ2n) is 4.56. The molecule has 7 heteroatoms. The monoisotopic (exact) mass is 306 g/mol. The number of nitrogen functional groups attached to an aromatic ring is 1. The Morgan fingerprint density at radius 1 is 1.29 bits per heavy atom. The standard InChI is InChI=1S/C14H12ClFN4O/c15-13-12-10(9-2-1-8(17)5-11(9)16)6-20(3-4-21)14(12)19-7-18-13/h1-2,5-7,21H,3-4,17H2. The zero-order valence-electron chi connectivity index (χ0n) is 10.9. The minimum absolute atomic E-state index is 0.0605. The van der Waals surface area contributed by atoms with Crippen LogP contribution in [0.25, 0.3) is 22.2 Å². The zero-order chi connectivity index (χ0) is 15.0. The molecule has 0 aliphatic rings. The Hall–Kier alpha value is -2.18. The average molecular weight is 307 g/mol. The van der Waals surface area contributed by atoms with Crippen molar-refractivity contribution < 1.29 is 9.50 Å². The second-order valence-corrected chi connectivity index (χ2v) is 4.92. The number of nitrogens with two attached hydrogens (primary N) is 1. The van der Waals surface area contributed by atoms with E-state index in [4.69, 9.17) is 22.4 Å². The summed E-state index contributed by atoms with van der Waals surface area (Å²) < 4.78 is 15.9. The third-order valence-electron chi connectivity index (χ3n) is 3.23. The quantitative estimate of drug-likeness (QED) is 0.575. The maximum Gasteiger partial charge on any atom is 0.145 e. The van der Waals surface area contributed by atoms with E-state index in [0.29, 0.717) is 34.4 Å². The third kappa shape index (κ3) is 2.32. The number of anilines is 1. The number of benzene rings is 1. The first-order chi connectivity index (χ1) is 10.1. The van der Waals surface area contributed by atoms with Crippen molar-refractivity contribution in [2.24, 2.45) is 0 Å². The number of aliphatic hydroxyl groups excluding tert-OH is 1. The minimum atomic E-state index is -0.446. The second kappa shape index (κ2) is 5.31. The Morgan fingerprint density at radius 2 is 2.10 bits per heavy atom. The van der Waals surface area contributed by atoms with Gasteiger partial charge in [-0.15, -0.1) is 0 Å². The summed E-state index contributed by atoms with van der Waals surface area (Å²) in [4.78, 5) is 8.11. The van der Waals surface area contributed by atoms with Crippen molar-refractivity contribution in [2.45, 2.75) is 6.54 Å². The summed E-state index contributed by atoms with van der Waals surface area (Å²) in [7, 11) is 0. The first kappa shape index (κ1) is 13.8. The van der Waals surface area contributed by atoms with Crippen molar-refractivity contribution in [1.82, 2.24) is 14.5 Å². The Morgan fingerprint density at radius 3 is 2.81 bits per heavy atom. The van der Waals surface area contributed by atoms with E-state index in [0.717, 1.165) is 0 Å². The van der Waals surface area contributed by atoms with Gasteiger partial charge in [0.25, 0.3) is 0 Å². The van der Waals surface area contributed by atoms with Crippen molar-refractivity contribution in [3.63, 3.8) is 0 Å². The van der Waals surface area contributed by atoms with E-state index in [1.165, 1.54) is 12.4 Å². The van der Waals surface area contributed by atoms with Gasteiger partial charge in [-0.3, -0.25) is 0 Å². The molecule has 21 heavy (non-hydrogen) atoms. The lowest BCUT2D eigenvalue weighted by atomic mass is 10.1. The van der Waals surface area contributed by atoms with E-state index in [1.807, 2.05) is 0 Å². The fraction of sp³-hybridized carbons (Fsp3) is 0.143. The van der Waals surface area contributed by atoms with Crippen LogP contribution in [-0.2, 0) is 6.54 Å². The molecule has 3 aromatic rings. The molecule has 0 spiro atoms. The molecule has 0 atom stereocenters. The Labute approximate surface area is 124 Å². The van der Waals surface area contributed by atoms with Crippen LogP contribution in [0.2, 0.25) is 5.15 Å². The maximum atomic E-state index is 14.2. The highest BCUT2D eigenvalue weighted by molar-refractivity contribution is 6.35. The molecule has 2 heterocycles. The molecule has 3 N–H and O–H groups in total. The van der Waals surface area contributed by atoms with E-state index >= 15 is 0 Å². The van der Waals surface area contributed by atoms with Gasteiger partial charge in [0.1, 0.15) is 22.9 Å². The first-order valence-electron chi connectivity index (χ1n) is 6.27. The summed E-state index contributed by atoms with van der Waals surface area (Å²) in [6, 6.07) is 4.46. The molecule has 0 radical (unpaired) electrons. The molecule has 0 aliphatic carbocycles. The molecule has 0 saturated carbocycles. The molecular formula is C14H12ClFN4O. The first-order valence-corrected chi connectivity index (χ1v) is 6.65. The molecule has 1 aromatic carbocycles. The number of hydrogen-bond donors (Lipinski definition) is 2. The number of rotatable bonds is 3. The molecule has 0 aliphatic heterocycles. The Bertz CT molecular complexity index is 818. The fourth-order valence-corrected chi connectivity index (χ4v) is 2.55. The van der Waals surface area contributed by atoms with Gasteiger partial charge in [0.15, 0.2) is 0 Å². The van der Waals surface area contributed by atoms with E-state index in [-0.39, 0.29) is 11.8 Å². The van der Waals surface area contributed by atoms with Gasteiger partial charge in [-0.2, -0.15) is 0 Å². The van der Waals surface area contributed by atoms with Gasteiger partial charge < -0.3 is 15.4 Å². The van der Waals surface area contributed by atoms with Crippen LogP contribution in [0.5, 0.6) is 0 Å². The van der Waals surface area contributed by atoms with E-state index < -0.39 is 5.82 Å². The van der Waals surface area contributed by atoms with Crippen molar-refractivity contribution in [3.05, 3.63) is 41.7 Å². The van der Waals surface area contributed by atoms with Gasteiger partial charge in [-0.25, -0.2) is 14.4 Å². The van der Waals surface area contributed by atoms with Crippen LogP contribution in [0.1, 0.15) is 0 Å². The van der Waals surface area contributed by atoms with E-state index in [1.54, 1.807) is 22.9 Å². The third-order valence-corrected chi connectivity index (χ3v) is 3.52. The molecule has 0 amide bonds. The summed E-state index contributed by atoms with van der Waals surface area (Å²) in [5.74, 6) is -0.446. The highest BCUT2D eigenvalue weighted by Gasteiger charge is 2.17. The van der Waals surface area contributed by atoms with Crippen LogP contribution in [0.4, 0.5) is 10.1 Å². The van der Waals surface area contributed by atoms with Gasteiger partial charge in [0, 0.05) is 29.6 Å². The molecular weight excluding hydrogens is 295 g/mol. The smallest absolute Gasteiger partial charge is 0.145 e. The number of halogens is 2. The van der Waals surface area contributed by atoms with Crippen molar-refractivity contribution in [2.75, 3.05) is 12.3 Å². The van der Waals surface area contributed by atoms with E-state index in [9.17, 15) is 4.39 Å². The van der Waals surface area contributed by atoms with Crippen LogP contribution in [-0.4, -0.2) is 26.2 Å². The van der Waals surface area contributed by atoms with Crippen molar-refractivity contribution in [1.29, 1.82) is 0 Å². The lowest BCUT2D eigenvalue weighted by Gasteiger charge is -2.03. The number of fused-ring (bicyclic) bond motifs is 1. The predicted octanol–water partition coefficient (Wildman–Crippen LogP) is 2.47. The van der Waals surface area contributed by atoms with Crippen LogP contribution in [0.3, 0.4) is 0 Å². The van der Waals surface area contributed by atoms with Gasteiger partial charge in [0.2, 0.25) is 0 Å². The van der Waals surface area contributed by atoms with Gasteiger partial charge in [0.05, 0.1) is 12.0 Å². The molecule has 0 unspecified atom stereocenters. The van der Waals surface area contributed by atoms with Gasteiger partial charge in [-0.1, -0.05) is 11.6 Å². The van der Waals surface area contributed by atoms with Crippen LogP contribution in [0.15, 0.2) is 30.7 Å². The fourth-order valence-electron chi connectivity index (χ4n) is 2.32. The van der Waals surface area contributed by atoms with Gasteiger partial charge in [-0.05, 0) is 18.2 Å². The SMILES string of the molecule is Nc1ccc(-c2cn(CCO)c3ncnc(Cl)c23)c(F)c1. The summed E-state index contributed by atoms with van der Waals surface area (Å²) in [6.45, 7) is 0.273. The number of hydrogen-bond acceptors (Lipinski definition) is 4. The van der Waals surface area contributed by atoms with Crippen molar-refractivity contribution >= 4 is 28.3 Å².